The van der Waals surface area contributed by atoms with Crippen LogP contribution in [0.3, 0.4) is 0 Å². The van der Waals surface area contributed by atoms with Crippen molar-refractivity contribution in [3.8, 4) is 0 Å². The van der Waals surface area contributed by atoms with Crippen molar-refractivity contribution >= 4 is 16.8 Å². The summed E-state index contributed by atoms with van der Waals surface area (Å²) in [6, 6.07) is 11.2. The van der Waals surface area contributed by atoms with Gasteiger partial charge in [-0.2, -0.15) is 0 Å². The molecule has 2 N–H and O–H groups in total. The molecule has 2 aromatic heterocycles. The van der Waals surface area contributed by atoms with E-state index < -0.39 is 6.10 Å². The monoisotopic (exact) mass is 324 g/mol. The number of carbonyl (C=O) groups excluding carboxylic acids is 1. The van der Waals surface area contributed by atoms with Gasteiger partial charge in [0.1, 0.15) is 11.9 Å². The molecule has 124 valence electrons. The van der Waals surface area contributed by atoms with Crippen LogP contribution < -0.4 is 0 Å². The number of nitrogens with one attached hydrogen (secondary N) is 1. The lowest BCUT2D eigenvalue weighted by Gasteiger charge is -2.26. The van der Waals surface area contributed by atoms with Crippen molar-refractivity contribution < 1.29 is 14.3 Å². The van der Waals surface area contributed by atoms with Crippen LogP contribution in [0.15, 0.2) is 53.3 Å². The Bertz CT molecular complexity index is 837. The van der Waals surface area contributed by atoms with Crippen LogP contribution in [0.4, 0.5) is 0 Å². The maximum Gasteiger partial charge on any atom is 0.254 e. The number of nitrogens with zero attached hydrogens (tertiary/aromatic N) is 1. The highest BCUT2D eigenvalue weighted by atomic mass is 16.4. The second-order valence-corrected chi connectivity index (χ2v) is 6.31. The van der Waals surface area contributed by atoms with E-state index >= 15 is 0 Å². The number of carbonyl (C=O) groups is 1. The molecule has 1 saturated heterocycles. The highest BCUT2D eigenvalue weighted by molar-refractivity contribution is 6.06. The van der Waals surface area contributed by atoms with Gasteiger partial charge in [-0.3, -0.25) is 4.79 Å². The molecular weight excluding hydrogens is 304 g/mol. The van der Waals surface area contributed by atoms with E-state index in [-0.39, 0.29) is 11.9 Å². The van der Waals surface area contributed by atoms with Gasteiger partial charge < -0.3 is 19.4 Å². The van der Waals surface area contributed by atoms with Gasteiger partial charge in [-0.15, -0.1) is 0 Å². The Balaban J connectivity index is 1.56. The molecule has 5 nitrogen and oxygen atoms in total. The molecule has 1 amide bonds. The summed E-state index contributed by atoms with van der Waals surface area (Å²) in [5, 5.41) is 11.3. The molecule has 1 aromatic carbocycles. The van der Waals surface area contributed by atoms with Crippen LogP contribution in [-0.4, -0.2) is 33.5 Å². The van der Waals surface area contributed by atoms with E-state index in [1.54, 1.807) is 18.4 Å². The minimum absolute atomic E-state index is 0.0341. The second kappa shape index (κ2) is 6.17. The van der Waals surface area contributed by atoms with E-state index in [1.165, 1.54) is 0 Å². The van der Waals surface area contributed by atoms with Crippen molar-refractivity contribution in [3.63, 3.8) is 0 Å². The van der Waals surface area contributed by atoms with E-state index in [0.29, 0.717) is 17.7 Å². The quantitative estimate of drug-likeness (QED) is 0.772. The van der Waals surface area contributed by atoms with Crippen LogP contribution in [0.25, 0.3) is 10.9 Å². The molecule has 5 heteroatoms. The van der Waals surface area contributed by atoms with Crippen LogP contribution in [0, 0.1) is 0 Å². The zero-order valence-electron chi connectivity index (χ0n) is 13.3. The van der Waals surface area contributed by atoms with Gasteiger partial charge in [0.05, 0.1) is 6.26 Å². The standard InChI is InChI=1S/C19H20N2O3/c22-17(18-7-3-11-24-18)12-13-4-2-10-21(13)19(23)15-5-1-6-16-14(15)8-9-20-16/h1,3,5-9,11,13,17,20,22H,2,4,10,12H2. The summed E-state index contributed by atoms with van der Waals surface area (Å²) < 4.78 is 5.28. The third-order valence-electron chi connectivity index (χ3n) is 4.83. The maximum atomic E-state index is 13.0. The van der Waals surface area contributed by atoms with Gasteiger partial charge >= 0.3 is 0 Å². The lowest BCUT2D eigenvalue weighted by Crippen LogP contribution is -2.36. The van der Waals surface area contributed by atoms with Crippen molar-refractivity contribution in [3.05, 3.63) is 60.2 Å². The number of aromatic amines is 1. The van der Waals surface area contributed by atoms with Gasteiger partial charge in [0.25, 0.3) is 5.91 Å². The van der Waals surface area contributed by atoms with Crippen molar-refractivity contribution in [2.45, 2.75) is 31.4 Å². The normalized spacial score (nSPS) is 19.0. The topological polar surface area (TPSA) is 69.5 Å². The number of aromatic nitrogens is 1. The molecule has 1 fully saturated rings. The Morgan fingerprint density at radius 1 is 1.33 bits per heavy atom. The molecule has 0 spiro atoms. The molecule has 0 radical (unpaired) electrons. The number of aliphatic hydroxyl groups is 1. The van der Waals surface area contributed by atoms with Crippen LogP contribution >= 0.6 is 0 Å². The van der Waals surface area contributed by atoms with Gasteiger partial charge in [0.15, 0.2) is 0 Å². The summed E-state index contributed by atoms with van der Waals surface area (Å²) in [5.74, 6) is 0.594. The first-order valence-corrected chi connectivity index (χ1v) is 8.32. The fourth-order valence-electron chi connectivity index (χ4n) is 3.63. The molecule has 1 aliphatic heterocycles. The first kappa shape index (κ1) is 15.0. The van der Waals surface area contributed by atoms with E-state index in [9.17, 15) is 9.90 Å². The minimum Gasteiger partial charge on any atom is -0.467 e. The van der Waals surface area contributed by atoms with Crippen molar-refractivity contribution in [2.24, 2.45) is 0 Å². The van der Waals surface area contributed by atoms with Gasteiger partial charge in [-0.1, -0.05) is 6.07 Å². The van der Waals surface area contributed by atoms with Crippen LogP contribution in [0.1, 0.15) is 41.5 Å². The van der Waals surface area contributed by atoms with Crippen molar-refractivity contribution in [2.75, 3.05) is 6.54 Å². The average Bonchev–Trinajstić information content (AvgIpc) is 3.33. The van der Waals surface area contributed by atoms with E-state index in [2.05, 4.69) is 4.98 Å². The van der Waals surface area contributed by atoms with Crippen molar-refractivity contribution in [1.29, 1.82) is 0 Å². The number of hydrogen-bond donors (Lipinski definition) is 2. The minimum atomic E-state index is -0.679. The highest BCUT2D eigenvalue weighted by Crippen LogP contribution is 2.30. The zero-order valence-corrected chi connectivity index (χ0v) is 13.3. The summed E-state index contributed by atoms with van der Waals surface area (Å²) in [5.41, 5.74) is 1.68. The summed E-state index contributed by atoms with van der Waals surface area (Å²) in [6.07, 6.45) is 5.10. The highest BCUT2D eigenvalue weighted by Gasteiger charge is 2.32. The number of benzene rings is 1. The van der Waals surface area contributed by atoms with Crippen LogP contribution in [0.5, 0.6) is 0 Å². The Kier molecular flexibility index (Phi) is 3.86. The molecule has 24 heavy (non-hydrogen) atoms. The Labute approximate surface area is 139 Å². The summed E-state index contributed by atoms with van der Waals surface area (Å²) in [6.45, 7) is 0.731. The number of rotatable bonds is 4. The average molecular weight is 324 g/mol. The first-order chi connectivity index (χ1) is 11.7. The molecule has 0 bridgehead atoms. The first-order valence-electron chi connectivity index (χ1n) is 8.32. The maximum absolute atomic E-state index is 13.0. The summed E-state index contributed by atoms with van der Waals surface area (Å²) >= 11 is 0. The summed E-state index contributed by atoms with van der Waals surface area (Å²) in [4.78, 5) is 18.1. The zero-order chi connectivity index (χ0) is 16.5. The molecule has 2 atom stereocenters. The molecule has 2 unspecified atom stereocenters. The number of likely N-dealkylation sites (tertiary alicyclic amines) is 1. The number of fused-ring (bicyclic) bond motifs is 1. The Hall–Kier alpha value is -2.53. The fraction of sp³-hybridized carbons (Fsp3) is 0.316. The Morgan fingerprint density at radius 2 is 2.25 bits per heavy atom. The molecular formula is C19H20N2O3. The number of amides is 1. The molecule has 0 saturated carbocycles. The predicted octanol–water partition coefficient (Wildman–Crippen LogP) is 3.49. The Morgan fingerprint density at radius 3 is 3.08 bits per heavy atom. The number of hydrogen-bond acceptors (Lipinski definition) is 3. The molecule has 4 rings (SSSR count). The SMILES string of the molecule is O=C(c1cccc2[nH]ccc12)N1CCCC1CC(O)c1ccco1. The lowest BCUT2D eigenvalue weighted by atomic mass is 10.0. The third kappa shape index (κ3) is 2.61. The van der Waals surface area contributed by atoms with Crippen LogP contribution in [0.2, 0.25) is 0 Å². The van der Waals surface area contributed by atoms with Crippen molar-refractivity contribution in [1.82, 2.24) is 9.88 Å². The molecule has 0 aliphatic carbocycles. The molecule has 1 aliphatic rings. The predicted molar refractivity (Wildman–Crippen MR) is 90.6 cm³/mol. The van der Waals surface area contributed by atoms with Gasteiger partial charge in [0.2, 0.25) is 0 Å². The fourth-order valence-corrected chi connectivity index (χ4v) is 3.63. The summed E-state index contributed by atoms with van der Waals surface area (Å²) in [7, 11) is 0. The number of furan rings is 1. The molecule has 3 heterocycles. The van der Waals surface area contributed by atoms with Crippen LogP contribution in [-0.2, 0) is 0 Å². The smallest absolute Gasteiger partial charge is 0.254 e. The van der Waals surface area contributed by atoms with Gasteiger partial charge in [0, 0.05) is 41.7 Å². The van der Waals surface area contributed by atoms with E-state index in [0.717, 1.165) is 30.3 Å². The second-order valence-electron chi connectivity index (χ2n) is 6.31. The third-order valence-corrected chi connectivity index (χ3v) is 4.83. The van der Waals surface area contributed by atoms with Gasteiger partial charge in [-0.05, 0) is 43.2 Å². The number of H-pyrrole nitrogens is 1. The van der Waals surface area contributed by atoms with E-state index in [1.807, 2.05) is 35.4 Å². The molecule has 3 aromatic rings. The van der Waals surface area contributed by atoms with E-state index in [4.69, 9.17) is 4.42 Å². The lowest BCUT2D eigenvalue weighted by molar-refractivity contribution is 0.0643. The number of aliphatic hydroxyl groups excluding tert-OH is 1. The largest absolute Gasteiger partial charge is 0.467 e. The van der Waals surface area contributed by atoms with Gasteiger partial charge in [-0.25, -0.2) is 0 Å².